The van der Waals surface area contributed by atoms with Crippen molar-refractivity contribution in [2.45, 2.75) is 4.90 Å². The fourth-order valence-electron chi connectivity index (χ4n) is 3.32. The van der Waals surface area contributed by atoms with Gasteiger partial charge in [0.25, 0.3) is 0 Å². The summed E-state index contributed by atoms with van der Waals surface area (Å²) in [6.07, 6.45) is 3.14. The smallest absolute Gasteiger partial charge is 0.175 e. The monoisotopic (exact) mass is 408 g/mol. The van der Waals surface area contributed by atoms with E-state index in [-0.39, 0.29) is 4.90 Å². The second kappa shape index (κ2) is 7.25. The Labute approximate surface area is 169 Å². The summed E-state index contributed by atoms with van der Waals surface area (Å²) < 4.78 is 36.4. The Morgan fingerprint density at radius 1 is 0.862 bits per heavy atom. The number of methoxy groups -OCH3 is 2. The number of fused-ring (bicyclic) bond motifs is 1. The molecule has 0 amide bonds. The number of aromatic nitrogens is 2. The Hall–Kier alpha value is -3.32. The highest BCUT2D eigenvalue weighted by Gasteiger charge is 2.18. The lowest BCUT2D eigenvalue weighted by Gasteiger charge is -2.10. The highest BCUT2D eigenvalue weighted by atomic mass is 32.2. The van der Waals surface area contributed by atoms with Crippen LogP contribution in [-0.2, 0) is 9.84 Å². The number of ether oxygens (including phenoxy) is 2. The number of nitrogens with zero attached hydrogens (tertiary/aromatic N) is 2. The average molecular weight is 408 g/mol. The molecule has 0 saturated heterocycles. The van der Waals surface area contributed by atoms with Gasteiger partial charge in [-0.3, -0.25) is 4.40 Å². The third kappa shape index (κ3) is 3.45. The molecule has 0 saturated carbocycles. The number of pyridine rings is 1. The molecule has 6 nitrogen and oxygen atoms in total. The summed E-state index contributed by atoms with van der Waals surface area (Å²) in [5.74, 6) is 1.25. The predicted octanol–water partition coefficient (Wildman–Crippen LogP) is 4.09. The number of hydrogen-bond acceptors (Lipinski definition) is 5. The molecule has 0 radical (unpaired) electrons. The number of benzene rings is 2. The van der Waals surface area contributed by atoms with Crippen LogP contribution in [0.5, 0.6) is 11.5 Å². The zero-order valence-electron chi connectivity index (χ0n) is 16.3. The highest BCUT2D eigenvalue weighted by molar-refractivity contribution is 7.90. The van der Waals surface area contributed by atoms with E-state index in [0.29, 0.717) is 11.5 Å². The van der Waals surface area contributed by atoms with Crippen molar-refractivity contribution in [3.63, 3.8) is 0 Å². The summed E-state index contributed by atoms with van der Waals surface area (Å²) in [4.78, 5) is 5.09. The van der Waals surface area contributed by atoms with Gasteiger partial charge in [0.05, 0.1) is 30.5 Å². The van der Waals surface area contributed by atoms with Gasteiger partial charge in [0, 0.05) is 23.6 Å². The third-order valence-corrected chi connectivity index (χ3v) is 5.87. The van der Waals surface area contributed by atoms with Crippen LogP contribution in [0.15, 0.2) is 71.8 Å². The van der Waals surface area contributed by atoms with E-state index in [9.17, 15) is 8.42 Å². The molecule has 4 rings (SSSR count). The van der Waals surface area contributed by atoms with Crippen LogP contribution >= 0.6 is 0 Å². The molecule has 0 unspecified atom stereocenters. The largest absolute Gasteiger partial charge is 0.493 e. The molecule has 0 atom stereocenters. The molecule has 7 heteroatoms. The van der Waals surface area contributed by atoms with Crippen LogP contribution < -0.4 is 9.47 Å². The van der Waals surface area contributed by atoms with Crippen LogP contribution in [-0.4, -0.2) is 38.3 Å². The van der Waals surface area contributed by atoms with E-state index in [2.05, 4.69) is 0 Å². The zero-order chi connectivity index (χ0) is 20.6. The molecule has 2 heterocycles. The van der Waals surface area contributed by atoms with Crippen LogP contribution in [0.4, 0.5) is 0 Å². The Bertz CT molecular complexity index is 1290. The van der Waals surface area contributed by atoms with E-state index in [1.54, 1.807) is 38.5 Å². The maximum Gasteiger partial charge on any atom is 0.175 e. The molecule has 0 aliphatic heterocycles. The molecular formula is C22H20N2O4S. The fourth-order valence-corrected chi connectivity index (χ4v) is 3.95. The van der Waals surface area contributed by atoms with Gasteiger partial charge in [-0.25, -0.2) is 13.4 Å². The number of rotatable bonds is 5. The maximum atomic E-state index is 11.8. The van der Waals surface area contributed by atoms with Crippen LogP contribution in [0.2, 0.25) is 0 Å². The number of hydrogen-bond donors (Lipinski definition) is 0. The van der Waals surface area contributed by atoms with E-state index >= 15 is 0 Å². The van der Waals surface area contributed by atoms with Gasteiger partial charge >= 0.3 is 0 Å². The molecule has 0 aliphatic carbocycles. The van der Waals surface area contributed by atoms with Gasteiger partial charge in [-0.15, -0.1) is 0 Å². The lowest BCUT2D eigenvalue weighted by molar-refractivity contribution is 0.355. The zero-order valence-corrected chi connectivity index (χ0v) is 17.1. The molecule has 0 N–H and O–H groups in total. The van der Waals surface area contributed by atoms with Crippen molar-refractivity contribution in [1.29, 1.82) is 0 Å². The molecule has 0 aliphatic rings. The van der Waals surface area contributed by atoms with Crippen molar-refractivity contribution < 1.29 is 17.9 Å². The lowest BCUT2D eigenvalue weighted by Crippen LogP contribution is -1.97. The maximum absolute atomic E-state index is 11.8. The van der Waals surface area contributed by atoms with Crippen LogP contribution in [0.25, 0.3) is 28.2 Å². The second-order valence-electron chi connectivity index (χ2n) is 6.60. The lowest BCUT2D eigenvalue weighted by atomic mass is 10.0. The minimum absolute atomic E-state index is 0.280. The topological polar surface area (TPSA) is 69.9 Å². The van der Waals surface area contributed by atoms with Crippen molar-refractivity contribution in [3.8, 4) is 34.0 Å². The molecule has 4 aromatic rings. The van der Waals surface area contributed by atoms with E-state index in [0.717, 1.165) is 28.2 Å². The summed E-state index contributed by atoms with van der Waals surface area (Å²) in [5.41, 5.74) is 4.16. The van der Waals surface area contributed by atoms with Crippen molar-refractivity contribution >= 4 is 15.5 Å². The number of imidazole rings is 1. The number of sulfone groups is 1. The van der Waals surface area contributed by atoms with Crippen molar-refractivity contribution in [1.82, 2.24) is 9.38 Å². The predicted molar refractivity (Wildman–Crippen MR) is 112 cm³/mol. The van der Waals surface area contributed by atoms with Crippen molar-refractivity contribution in [3.05, 3.63) is 66.9 Å². The van der Waals surface area contributed by atoms with Crippen LogP contribution in [0, 0.1) is 0 Å². The summed E-state index contributed by atoms with van der Waals surface area (Å²) in [7, 11) is -0.0749. The minimum atomic E-state index is -3.26. The molecule has 0 fully saturated rings. The first-order valence-corrected chi connectivity index (χ1v) is 10.8. The third-order valence-electron chi connectivity index (χ3n) is 4.74. The Morgan fingerprint density at radius 3 is 2.21 bits per heavy atom. The van der Waals surface area contributed by atoms with Crippen molar-refractivity contribution in [2.24, 2.45) is 0 Å². The Balaban J connectivity index is 1.95. The second-order valence-corrected chi connectivity index (χ2v) is 8.62. The SMILES string of the molecule is COc1ccc(-c2nc3ccccn3c2-c2ccc(S(C)(=O)=O)cc2)cc1OC. The summed E-state index contributed by atoms with van der Waals surface area (Å²) in [5, 5.41) is 0. The Kier molecular flexibility index (Phi) is 4.76. The summed E-state index contributed by atoms with van der Waals surface area (Å²) in [6.45, 7) is 0. The van der Waals surface area contributed by atoms with Crippen molar-refractivity contribution in [2.75, 3.05) is 20.5 Å². The average Bonchev–Trinajstić information content (AvgIpc) is 3.12. The van der Waals surface area contributed by atoms with Gasteiger partial charge in [-0.2, -0.15) is 0 Å². The first-order valence-electron chi connectivity index (χ1n) is 8.92. The van der Waals surface area contributed by atoms with E-state index < -0.39 is 9.84 Å². The normalized spacial score (nSPS) is 11.6. The first kappa shape index (κ1) is 19.0. The van der Waals surface area contributed by atoms with Gasteiger partial charge in [-0.05, 0) is 42.5 Å². The quantitative estimate of drug-likeness (QED) is 0.497. The highest BCUT2D eigenvalue weighted by Crippen LogP contribution is 2.37. The molecule has 148 valence electrons. The van der Waals surface area contributed by atoms with Gasteiger partial charge in [0.1, 0.15) is 5.65 Å². The van der Waals surface area contributed by atoms with Gasteiger partial charge < -0.3 is 9.47 Å². The molecule has 29 heavy (non-hydrogen) atoms. The van der Waals surface area contributed by atoms with E-state index in [4.69, 9.17) is 14.5 Å². The summed E-state index contributed by atoms with van der Waals surface area (Å²) >= 11 is 0. The molecule has 2 aromatic carbocycles. The van der Waals surface area contributed by atoms with E-state index in [1.807, 2.05) is 47.0 Å². The molecule has 0 spiro atoms. The van der Waals surface area contributed by atoms with Crippen LogP contribution in [0.3, 0.4) is 0 Å². The Morgan fingerprint density at radius 2 is 1.55 bits per heavy atom. The summed E-state index contributed by atoms with van der Waals surface area (Å²) in [6, 6.07) is 18.3. The fraction of sp³-hybridized carbons (Fsp3) is 0.136. The minimum Gasteiger partial charge on any atom is -0.493 e. The van der Waals surface area contributed by atoms with Crippen LogP contribution in [0.1, 0.15) is 0 Å². The van der Waals surface area contributed by atoms with Gasteiger partial charge in [0.2, 0.25) is 0 Å². The standard InChI is InChI=1S/C22H20N2O4S/c1-27-18-12-9-16(14-19(18)28-2)21-22(24-13-5-4-6-20(24)23-21)15-7-10-17(11-8-15)29(3,25)26/h4-14H,1-3H3. The molecule has 0 bridgehead atoms. The van der Waals surface area contributed by atoms with E-state index in [1.165, 1.54) is 6.26 Å². The first-order chi connectivity index (χ1) is 13.9. The molecular weight excluding hydrogens is 388 g/mol. The van der Waals surface area contributed by atoms with Gasteiger partial charge in [-0.1, -0.05) is 18.2 Å². The molecule has 2 aromatic heterocycles. The van der Waals surface area contributed by atoms with Gasteiger partial charge in [0.15, 0.2) is 21.3 Å².